The van der Waals surface area contributed by atoms with E-state index in [1.807, 2.05) is 67.6 Å². The van der Waals surface area contributed by atoms with Crippen LogP contribution in [0.25, 0.3) is 0 Å². The summed E-state index contributed by atoms with van der Waals surface area (Å²) in [6, 6.07) is 20.7. The smallest absolute Gasteiger partial charge is 0.323 e. The number of piperazine rings is 1. The Morgan fingerprint density at radius 3 is 1.94 bits per heavy atom. The first-order valence-corrected chi connectivity index (χ1v) is 12.5. The van der Waals surface area contributed by atoms with Gasteiger partial charge in [-0.1, -0.05) is 49.7 Å². The number of hydrogen-bond donors (Lipinski definition) is 3. The molecule has 4 amide bonds. The number of amides is 4. The van der Waals surface area contributed by atoms with Gasteiger partial charge in [0.15, 0.2) is 0 Å². The number of para-hydroxylation sites is 1. The molecule has 0 saturated carbocycles. The van der Waals surface area contributed by atoms with Crippen molar-refractivity contribution in [3.05, 3.63) is 82.9 Å². The van der Waals surface area contributed by atoms with Gasteiger partial charge in [0, 0.05) is 43.2 Å². The van der Waals surface area contributed by atoms with Gasteiger partial charge in [0.05, 0.1) is 10.7 Å². The molecule has 188 valence electrons. The third-order valence-electron chi connectivity index (χ3n) is 6.35. The highest BCUT2D eigenvalue weighted by Gasteiger charge is 2.22. The van der Waals surface area contributed by atoms with E-state index < -0.39 is 0 Å². The molecule has 1 aliphatic heterocycles. The van der Waals surface area contributed by atoms with Crippen molar-refractivity contribution in [1.29, 1.82) is 0 Å². The number of benzene rings is 3. The number of aryl methyl sites for hydroxylation is 1. The fourth-order valence-electron chi connectivity index (χ4n) is 4.14. The molecule has 36 heavy (non-hydrogen) atoms. The van der Waals surface area contributed by atoms with Gasteiger partial charge in [-0.25, -0.2) is 9.59 Å². The van der Waals surface area contributed by atoms with Crippen LogP contribution in [0.15, 0.2) is 66.7 Å². The Balaban J connectivity index is 1.26. The lowest BCUT2D eigenvalue weighted by Crippen LogP contribution is -2.50. The first-order valence-electron chi connectivity index (χ1n) is 12.1. The number of nitrogens with zero attached hydrogens (tertiary/aromatic N) is 2. The lowest BCUT2D eigenvalue weighted by Gasteiger charge is -2.36. The molecule has 0 bridgehead atoms. The van der Waals surface area contributed by atoms with Gasteiger partial charge in [0.1, 0.15) is 0 Å². The number of hydrogen-bond acceptors (Lipinski definition) is 3. The Labute approximate surface area is 217 Å². The molecule has 3 N–H and O–H groups in total. The quantitative estimate of drug-likeness (QED) is 0.358. The highest BCUT2D eigenvalue weighted by Crippen LogP contribution is 2.26. The lowest BCUT2D eigenvalue weighted by molar-refractivity contribution is 0.208. The number of carbonyl (C=O) groups is 2. The average Bonchev–Trinajstić information content (AvgIpc) is 2.87. The molecule has 0 aliphatic carbocycles. The summed E-state index contributed by atoms with van der Waals surface area (Å²) in [6.45, 7) is 8.84. The second-order valence-electron chi connectivity index (χ2n) is 9.24. The van der Waals surface area contributed by atoms with E-state index in [2.05, 4.69) is 34.7 Å². The van der Waals surface area contributed by atoms with E-state index in [0.717, 1.165) is 16.9 Å². The zero-order valence-corrected chi connectivity index (χ0v) is 21.6. The minimum absolute atomic E-state index is 0.143. The van der Waals surface area contributed by atoms with Gasteiger partial charge in [-0.2, -0.15) is 0 Å². The van der Waals surface area contributed by atoms with Crippen LogP contribution in [0.4, 0.5) is 32.3 Å². The van der Waals surface area contributed by atoms with Crippen molar-refractivity contribution < 1.29 is 9.59 Å². The van der Waals surface area contributed by atoms with Crippen molar-refractivity contribution in [2.45, 2.75) is 26.7 Å². The number of halogens is 1. The molecule has 8 heteroatoms. The highest BCUT2D eigenvalue weighted by atomic mass is 35.5. The molecule has 0 unspecified atom stereocenters. The van der Waals surface area contributed by atoms with Crippen molar-refractivity contribution >= 4 is 46.4 Å². The topological polar surface area (TPSA) is 76.7 Å². The maximum Gasteiger partial charge on any atom is 0.323 e. The molecule has 7 nitrogen and oxygen atoms in total. The summed E-state index contributed by atoms with van der Waals surface area (Å²) in [7, 11) is 0. The van der Waals surface area contributed by atoms with Crippen LogP contribution in [0.3, 0.4) is 0 Å². The molecule has 3 aromatic carbocycles. The van der Waals surface area contributed by atoms with Crippen LogP contribution in [-0.4, -0.2) is 43.1 Å². The Bertz CT molecular complexity index is 1180. The summed E-state index contributed by atoms with van der Waals surface area (Å²) in [6.07, 6.45) is 0. The predicted molar refractivity (Wildman–Crippen MR) is 149 cm³/mol. The maximum absolute atomic E-state index is 12.7. The fourth-order valence-corrected chi connectivity index (χ4v) is 4.41. The SMILES string of the molecule is Cc1cccc(Cl)c1NC(=O)N1CCN(c2ccc(NC(=O)Nc3ccc(C(C)C)cc3)cc2)CC1. The summed E-state index contributed by atoms with van der Waals surface area (Å²) < 4.78 is 0. The Kier molecular flexibility index (Phi) is 8.00. The van der Waals surface area contributed by atoms with Crippen molar-refractivity contribution in [3.8, 4) is 0 Å². The van der Waals surface area contributed by atoms with Crippen LogP contribution in [0.2, 0.25) is 5.02 Å². The number of urea groups is 2. The van der Waals surface area contributed by atoms with E-state index in [-0.39, 0.29) is 12.1 Å². The molecule has 1 saturated heterocycles. The van der Waals surface area contributed by atoms with Gasteiger partial charge >= 0.3 is 12.1 Å². The molecule has 1 aliphatic rings. The van der Waals surface area contributed by atoms with Crippen LogP contribution in [0, 0.1) is 6.92 Å². The molecular weight excluding hydrogens is 474 g/mol. The molecule has 3 aromatic rings. The van der Waals surface area contributed by atoms with E-state index in [9.17, 15) is 9.59 Å². The molecule has 0 atom stereocenters. The van der Waals surface area contributed by atoms with Crippen LogP contribution in [-0.2, 0) is 0 Å². The third-order valence-corrected chi connectivity index (χ3v) is 6.66. The van der Waals surface area contributed by atoms with Crippen LogP contribution < -0.4 is 20.9 Å². The Hall–Kier alpha value is -3.71. The van der Waals surface area contributed by atoms with Gasteiger partial charge < -0.3 is 25.8 Å². The van der Waals surface area contributed by atoms with Crippen molar-refractivity contribution in [2.24, 2.45) is 0 Å². The van der Waals surface area contributed by atoms with Gasteiger partial charge in [-0.3, -0.25) is 0 Å². The van der Waals surface area contributed by atoms with Gasteiger partial charge in [-0.05, 0) is 66.4 Å². The summed E-state index contributed by atoms with van der Waals surface area (Å²) in [5.41, 5.74) is 5.33. The third kappa shape index (κ3) is 6.29. The summed E-state index contributed by atoms with van der Waals surface area (Å²) in [4.78, 5) is 29.1. The Morgan fingerprint density at radius 2 is 1.39 bits per heavy atom. The second kappa shape index (κ2) is 11.4. The lowest BCUT2D eigenvalue weighted by atomic mass is 10.0. The van der Waals surface area contributed by atoms with E-state index in [1.54, 1.807) is 11.0 Å². The summed E-state index contributed by atoms with van der Waals surface area (Å²) in [5.74, 6) is 0.448. The molecule has 1 fully saturated rings. The minimum atomic E-state index is -0.284. The molecular formula is C28H32ClN5O2. The first kappa shape index (κ1) is 25.4. The fraction of sp³-hybridized carbons (Fsp3) is 0.286. The van der Waals surface area contributed by atoms with Gasteiger partial charge in [0.25, 0.3) is 0 Å². The summed E-state index contributed by atoms with van der Waals surface area (Å²) >= 11 is 6.24. The van der Waals surface area contributed by atoms with E-state index in [1.165, 1.54) is 5.56 Å². The van der Waals surface area contributed by atoms with E-state index in [4.69, 9.17) is 11.6 Å². The zero-order valence-electron chi connectivity index (χ0n) is 20.8. The maximum atomic E-state index is 12.7. The number of rotatable bonds is 5. The number of carbonyl (C=O) groups excluding carboxylic acids is 2. The monoisotopic (exact) mass is 505 g/mol. The van der Waals surface area contributed by atoms with Gasteiger partial charge in [-0.15, -0.1) is 0 Å². The minimum Gasteiger partial charge on any atom is -0.368 e. The molecule has 0 radical (unpaired) electrons. The molecule has 1 heterocycles. The Morgan fingerprint density at radius 1 is 0.806 bits per heavy atom. The molecule has 0 spiro atoms. The number of anilines is 4. The average molecular weight is 506 g/mol. The molecule has 0 aromatic heterocycles. The zero-order chi connectivity index (χ0) is 25.7. The van der Waals surface area contributed by atoms with Crippen molar-refractivity contribution in [1.82, 2.24) is 4.90 Å². The van der Waals surface area contributed by atoms with Gasteiger partial charge in [0.2, 0.25) is 0 Å². The van der Waals surface area contributed by atoms with Crippen molar-refractivity contribution in [3.63, 3.8) is 0 Å². The van der Waals surface area contributed by atoms with E-state index in [0.29, 0.717) is 48.5 Å². The predicted octanol–water partition coefficient (Wildman–Crippen LogP) is 6.77. The van der Waals surface area contributed by atoms with E-state index >= 15 is 0 Å². The number of nitrogens with one attached hydrogen (secondary N) is 3. The van der Waals surface area contributed by atoms with Crippen LogP contribution in [0.1, 0.15) is 30.9 Å². The highest BCUT2D eigenvalue weighted by molar-refractivity contribution is 6.33. The van der Waals surface area contributed by atoms with Crippen LogP contribution >= 0.6 is 11.6 Å². The second-order valence-corrected chi connectivity index (χ2v) is 9.65. The molecule has 4 rings (SSSR count). The standard InChI is InChI=1S/C28H32ClN5O2/c1-19(2)21-7-9-22(10-8-21)30-27(35)31-23-11-13-24(14-12-23)33-15-17-34(18-16-33)28(36)32-26-20(3)5-4-6-25(26)29/h4-14,19H,15-18H2,1-3H3,(H,32,36)(H2,30,31,35). The summed E-state index contributed by atoms with van der Waals surface area (Å²) in [5, 5.41) is 9.21. The van der Waals surface area contributed by atoms with Crippen LogP contribution in [0.5, 0.6) is 0 Å². The normalized spacial score (nSPS) is 13.5. The van der Waals surface area contributed by atoms with Crippen molar-refractivity contribution in [2.75, 3.05) is 47.0 Å². The first-order chi connectivity index (χ1) is 17.3. The largest absolute Gasteiger partial charge is 0.368 e.